The molecule has 1 saturated heterocycles. The predicted molar refractivity (Wildman–Crippen MR) is 149 cm³/mol. The van der Waals surface area contributed by atoms with Gasteiger partial charge in [-0.25, -0.2) is 5.01 Å². The summed E-state index contributed by atoms with van der Waals surface area (Å²) in [5.41, 5.74) is -0.375. The Balaban J connectivity index is 1.59. The molecule has 0 N–H and O–H groups in total. The van der Waals surface area contributed by atoms with E-state index >= 15 is 0 Å². The predicted octanol–water partition coefficient (Wildman–Crippen LogP) is 5.94. The van der Waals surface area contributed by atoms with Crippen LogP contribution in [0.1, 0.15) is 20.7 Å². The number of rotatable bonds is 6. The SMILES string of the molecule is O=C(CN(C(=O)c1ccc([N+](=O)[O-])cc1)N1C(=O)[C@@H]2[C@H](C1=O)[C@@]1(Cl)C(Cl)=C(Cl)[C@@]2(Cl)C1(Cl)Cl)c1ccc(Cl)cc1. The molecule has 1 heterocycles. The molecule has 40 heavy (non-hydrogen) atoms. The van der Waals surface area contributed by atoms with Gasteiger partial charge in [0.05, 0.1) is 26.8 Å². The van der Waals surface area contributed by atoms with Crippen LogP contribution in [0.15, 0.2) is 58.6 Å². The van der Waals surface area contributed by atoms with Crippen molar-refractivity contribution in [1.82, 2.24) is 10.0 Å². The number of imide groups is 1. The van der Waals surface area contributed by atoms with Crippen molar-refractivity contribution in [3.8, 4) is 0 Å². The smallest absolute Gasteiger partial charge is 0.273 e. The highest BCUT2D eigenvalue weighted by Gasteiger charge is 2.88. The van der Waals surface area contributed by atoms with Crippen LogP contribution in [0.2, 0.25) is 5.02 Å². The number of ketones is 1. The van der Waals surface area contributed by atoms with Gasteiger partial charge in [0, 0.05) is 28.3 Å². The minimum atomic E-state index is -2.20. The lowest BCUT2D eigenvalue weighted by Crippen LogP contribution is -2.56. The average molecular weight is 687 g/mol. The van der Waals surface area contributed by atoms with E-state index in [9.17, 15) is 29.3 Å². The van der Waals surface area contributed by atoms with Crippen LogP contribution in [0.25, 0.3) is 0 Å². The minimum absolute atomic E-state index is 0.112. The Labute approximate surface area is 260 Å². The van der Waals surface area contributed by atoms with E-state index in [0.717, 1.165) is 24.3 Å². The Bertz CT molecular complexity index is 1500. The number of carbonyl (C=O) groups is 4. The number of hydrogen-bond donors (Lipinski definition) is 0. The van der Waals surface area contributed by atoms with E-state index in [-0.39, 0.29) is 26.9 Å². The maximum Gasteiger partial charge on any atom is 0.273 e. The van der Waals surface area contributed by atoms with Gasteiger partial charge >= 0.3 is 0 Å². The van der Waals surface area contributed by atoms with Crippen molar-refractivity contribution in [3.63, 3.8) is 0 Å². The molecule has 0 radical (unpaired) electrons. The monoisotopic (exact) mass is 683 g/mol. The molecule has 208 valence electrons. The molecule has 1 saturated carbocycles. The molecule has 2 bridgehead atoms. The summed E-state index contributed by atoms with van der Waals surface area (Å²) in [6, 6.07) is 9.99. The van der Waals surface area contributed by atoms with Gasteiger partial charge in [-0.1, -0.05) is 58.0 Å². The third-order valence-corrected chi connectivity index (χ3v) is 11.7. The summed E-state index contributed by atoms with van der Waals surface area (Å²) in [5.74, 6) is -6.90. The Morgan fingerprint density at radius 3 is 1.73 bits per heavy atom. The molecular formula is C24H12Cl7N3O6. The fraction of sp³-hybridized carbons (Fsp3) is 0.250. The maximum absolute atomic E-state index is 13.9. The van der Waals surface area contributed by atoms with Crippen molar-refractivity contribution in [2.45, 2.75) is 14.1 Å². The van der Waals surface area contributed by atoms with E-state index in [4.69, 9.17) is 81.2 Å². The second-order valence-corrected chi connectivity index (χ2v) is 12.9. The van der Waals surface area contributed by atoms with Crippen molar-refractivity contribution in [1.29, 1.82) is 0 Å². The summed E-state index contributed by atoms with van der Waals surface area (Å²) in [6.07, 6.45) is 0. The highest BCUT2D eigenvalue weighted by Crippen LogP contribution is 2.77. The van der Waals surface area contributed by atoms with E-state index in [1.807, 2.05) is 0 Å². The summed E-state index contributed by atoms with van der Waals surface area (Å²) < 4.78 is -2.20. The number of amides is 3. The number of Topliss-reactive ketones (excluding diaryl/α,β-unsaturated/α-hetero) is 1. The van der Waals surface area contributed by atoms with Gasteiger partial charge < -0.3 is 0 Å². The molecule has 1 aliphatic heterocycles. The van der Waals surface area contributed by atoms with Crippen LogP contribution in [0.5, 0.6) is 0 Å². The Kier molecular flexibility index (Phi) is 7.15. The van der Waals surface area contributed by atoms with Crippen LogP contribution in [0.3, 0.4) is 0 Å². The molecular weight excluding hydrogens is 674 g/mol. The standard InChI is InChI=1S/C24H12Cl7N3O6/c25-12-5-1-10(2-6-12)14(35)9-32(19(36)11-3-7-13(8-4-11)34(39)40)33-20(37)15-16(21(33)38)23(29)18(27)17(26)22(15,28)24(23,30)31/h1-8,15-16H,9H2/t15-,16+,22-,23-/m1/s1. The molecule has 2 fully saturated rings. The van der Waals surface area contributed by atoms with Gasteiger partial charge in [-0.15, -0.1) is 23.2 Å². The van der Waals surface area contributed by atoms with E-state index < -0.39 is 60.9 Å². The number of fused-ring (bicyclic) bond motifs is 5. The van der Waals surface area contributed by atoms with E-state index in [1.165, 1.54) is 24.3 Å². The third-order valence-electron chi connectivity index (χ3n) is 7.15. The number of allylic oxidation sites excluding steroid dienone is 2. The number of nitro benzene ring substituents is 1. The van der Waals surface area contributed by atoms with Crippen molar-refractivity contribution >= 4 is 110 Å². The number of nitrogens with zero attached hydrogens (tertiary/aromatic N) is 3. The summed E-state index contributed by atoms with van der Waals surface area (Å²) in [5, 5.41) is 11.8. The van der Waals surface area contributed by atoms with Gasteiger partial charge in [-0.05, 0) is 36.4 Å². The van der Waals surface area contributed by atoms with Gasteiger partial charge in [0.1, 0.15) is 16.3 Å². The lowest BCUT2D eigenvalue weighted by atomic mass is 9.84. The topological polar surface area (TPSA) is 118 Å². The highest BCUT2D eigenvalue weighted by molar-refractivity contribution is 6.66. The summed E-state index contributed by atoms with van der Waals surface area (Å²) >= 11 is 45.1. The van der Waals surface area contributed by atoms with Gasteiger partial charge in [-0.3, -0.25) is 29.3 Å². The number of carbonyl (C=O) groups excluding carboxylic acids is 4. The largest absolute Gasteiger partial charge is 0.292 e. The van der Waals surface area contributed by atoms with Crippen molar-refractivity contribution in [2.24, 2.45) is 11.8 Å². The summed E-state index contributed by atoms with van der Waals surface area (Å²) in [6.45, 7) is -0.805. The molecule has 5 rings (SSSR count). The number of benzene rings is 2. The zero-order chi connectivity index (χ0) is 29.5. The normalized spacial score (nSPS) is 28.2. The average Bonchev–Trinajstić information content (AvgIpc) is 3.30. The molecule has 0 aromatic heterocycles. The van der Waals surface area contributed by atoms with Crippen molar-refractivity contribution < 1.29 is 24.1 Å². The summed E-state index contributed by atoms with van der Waals surface area (Å²) in [4.78, 5) is 60.8. The maximum atomic E-state index is 13.9. The Morgan fingerprint density at radius 1 is 0.825 bits per heavy atom. The lowest BCUT2D eigenvalue weighted by molar-refractivity contribution is -0.384. The Hall–Kier alpha value is -2.11. The summed E-state index contributed by atoms with van der Waals surface area (Å²) in [7, 11) is 0. The third kappa shape index (κ3) is 3.75. The molecule has 9 nitrogen and oxygen atoms in total. The molecule has 0 spiro atoms. The Morgan fingerprint density at radius 2 is 1.27 bits per heavy atom. The number of alkyl halides is 4. The number of hydrazine groups is 1. The molecule has 2 aromatic carbocycles. The first-order chi connectivity index (χ1) is 18.6. The molecule has 16 heteroatoms. The van der Waals surface area contributed by atoms with Gasteiger partial charge in [0.25, 0.3) is 23.4 Å². The zero-order valence-electron chi connectivity index (χ0n) is 19.4. The quantitative estimate of drug-likeness (QED) is 0.122. The van der Waals surface area contributed by atoms with E-state index in [1.54, 1.807) is 0 Å². The van der Waals surface area contributed by atoms with Crippen molar-refractivity contribution in [2.75, 3.05) is 6.54 Å². The fourth-order valence-electron chi connectivity index (χ4n) is 5.19. The number of halogens is 7. The van der Waals surface area contributed by atoms with Gasteiger partial charge in [0.15, 0.2) is 10.1 Å². The molecule has 2 aromatic rings. The van der Waals surface area contributed by atoms with Gasteiger partial charge in [-0.2, -0.15) is 5.01 Å². The number of hydrogen-bond acceptors (Lipinski definition) is 6. The van der Waals surface area contributed by atoms with Crippen LogP contribution in [0.4, 0.5) is 5.69 Å². The van der Waals surface area contributed by atoms with E-state index in [0.29, 0.717) is 15.0 Å². The van der Waals surface area contributed by atoms with Crippen molar-refractivity contribution in [3.05, 3.63) is 84.9 Å². The first-order valence-corrected chi connectivity index (χ1v) is 13.8. The van der Waals surface area contributed by atoms with Gasteiger partial charge in [0.2, 0.25) is 0 Å². The first-order valence-electron chi connectivity index (χ1n) is 11.1. The second-order valence-electron chi connectivity index (χ2n) is 9.17. The van der Waals surface area contributed by atoms with Crippen LogP contribution < -0.4 is 0 Å². The van der Waals surface area contributed by atoms with Crippen LogP contribution >= 0.6 is 81.2 Å². The van der Waals surface area contributed by atoms with E-state index in [2.05, 4.69) is 0 Å². The minimum Gasteiger partial charge on any atom is -0.292 e. The second kappa shape index (κ2) is 9.73. The molecule has 2 aliphatic carbocycles. The number of nitro groups is 1. The molecule has 3 aliphatic rings. The molecule has 0 unspecified atom stereocenters. The lowest BCUT2D eigenvalue weighted by Gasteiger charge is -2.36. The van der Waals surface area contributed by atoms with Crippen LogP contribution in [-0.2, 0) is 9.59 Å². The highest BCUT2D eigenvalue weighted by atomic mass is 35.5. The van der Waals surface area contributed by atoms with Crippen LogP contribution in [-0.4, -0.2) is 59.1 Å². The fourth-order valence-corrected chi connectivity index (χ4v) is 8.24. The number of non-ortho nitro benzene ring substituents is 1. The zero-order valence-corrected chi connectivity index (χ0v) is 24.7. The first kappa shape index (κ1) is 29.4. The van der Waals surface area contributed by atoms with Crippen LogP contribution in [0, 0.1) is 22.0 Å². The molecule has 3 amide bonds. The molecule has 4 atom stereocenters.